The first-order valence-corrected chi connectivity index (χ1v) is 5.27. The average Bonchev–Trinajstić information content (AvgIpc) is 2.39. The zero-order chi connectivity index (χ0) is 11.4. The van der Waals surface area contributed by atoms with Crippen LogP contribution in [0.2, 0.25) is 0 Å². The molecule has 0 bridgehead atoms. The van der Waals surface area contributed by atoms with Gasteiger partial charge in [-0.15, -0.1) is 0 Å². The Morgan fingerprint density at radius 2 is 1.56 bits per heavy atom. The highest BCUT2D eigenvalue weighted by molar-refractivity contribution is 5.21. The fraction of sp³-hybridized carbons (Fsp3) is 0.231. The van der Waals surface area contributed by atoms with Gasteiger partial charge in [0.25, 0.3) is 0 Å². The highest BCUT2D eigenvalue weighted by atomic mass is 16.3. The van der Waals surface area contributed by atoms with Crippen LogP contribution < -0.4 is 0 Å². The van der Waals surface area contributed by atoms with Crippen molar-refractivity contribution in [2.24, 2.45) is 0 Å². The van der Waals surface area contributed by atoms with Gasteiger partial charge in [-0.05, 0) is 23.3 Å². The third-order valence-corrected chi connectivity index (χ3v) is 2.71. The second-order valence-electron chi connectivity index (χ2n) is 3.81. The second-order valence-corrected chi connectivity index (χ2v) is 3.81. The summed E-state index contributed by atoms with van der Waals surface area (Å²) >= 11 is 0. The lowest BCUT2D eigenvalue weighted by molar-refractivity contribution is 0.151. The molecule has 3 heteroatoms. The van der Waals surface area contributed by atoms with Gasteiger partial charge in [-0.2, -0.15) is 0 Å². The third-order valence-electron chi connectivity index (χ3n) is 2.71. The normalized spacial score (nSPS) is 14.4. The number of aliphatic hydroxyl groups excluding tert-OH is 1. The van der Waals surface area contributed by atoms with Crippen molar-refractivity contribution in [3.63, 3.8) is 0 Å². The SMILES string of the molecule is C[C@H](c1cccnc1)[C@H](O)c1cccnc1. The summed E-state index contributed by atoms with van der Waals surface area (Å²) in [4.78, 5) is 8.06. The van der Waals surface area contributed by atoms with Crippen LogP contribution in [0, 0.1) is 0 Å². The van der Waals surface area contributed by atoms with E-state index < -0.39 is 6.10 Å². The molecule has 0 radical (unpaired) electrons. The summed E-state index contributed by atoms with van der Waals surface area (Å²) in [5, 5.41) is 10.2. The monoisotopic (exact) mass is 214 g/mol. The average molecular weight is 214 g/mol. The fourth-order valence-corrected chi connectivity index (χ4v) is 1.67. The van der Waals surface area contributed by atoms with E-state index in [1.54, 1.807) is 24.8 Å². The Morgan fingerprint density at radius 1 is 1.00 bits per heavy atom. The Morgan fingerprint density at radius 3 is 2.06 bits per heavy atom. The van der Waals surface area contributed by atoms with Crippen LogP contribution in [-0.2, 0) is 0 Å². The van der Waals surface area contributed by atoms with Crippen molar-refractivity contribution >= 4 is 0 Å². The smallest absolute Gasteiger partial charge is 0.0871 e. The van der Waals surface area contributed by atoms with Gasteiger partial charge >= 0.3 is 0 Å². The van der Waals surface area contributed by atoms with Gasteiger partial charge in [0, 0.05) is 30.7 Å². The molecule has 2 heterocycles. The van der Waals surface area contributed by atoms with Crippen molar-refractivity contribution < 1.29 is 5.11 Å². The lowest BCUT2D eigenvalue weighted by atomic mass is 9.93. The van der Waals surface area contributed by atoms with Crippen LogP contribution in [0.25, 0.3) is 0 Å². The van der Waals surface area contributed by atoms with Crippen LogP contribution in [0.3, 0.4) is 0 Å². The molecule has 1 N–H and O–H groups in total. The van der Waals surface area contributed by atoms with E-state index in [1.807, 2.05) is 31.2 Å². The van der Waals surface area contributed by atoms with E-state index in [1.165, 1.54) is 0 Å². The first-order chi connectivity index (χ1) is 7.79. The Balaban J connectivity index is 2.20. The standard InChI is InChI=1S/C13H14N2O/c1-10(11-4-2-6-14-8-11)13(16)12-5-3-7-15-9-12/h2-10,13,16H,1H3/t10-,13+/m1/s1. The maximum atomic E-state index is 10.2. The maximum absolute atomic E-state index is 10.2. The number of hydrogen-bond donors (Lipinski definition) is 1. The summed E-state index contributed by atoms with van der Waals surface area (Å²) in [6, 6.07) is 7.55. The molecule has 16 heavy (non-hydrogen) atoms. The summed E-state index contributed by atoms with van der Waals surface area (Å²) in [6.07, 6.45) is 6.36. The van der Waals surface area contributed by atoms with Crippen LogP contribution in [0.15, 0.2) is 49.1 Å². The molecule has 0 aliphatic heterocycles. The predicted octanol–water partition coefficient (Wildman–Crippen LogP) is 2.31. The molecule has 0 amide bonds. The van der Waals surface area contributed by atoms with E-state index in [-0.39, 0.29) is 5.92 Å². The van der Waals surface area contributed by atoms with Gasteiger partial charge in [0.1, 0.15) is 0 Å². The number of aliphatic hydroxyl groups is 1. The number of nitrogens with zero attached hydrogens (tertiary/aromatic N) is 2. The number of hydrogen-bond acceptors (Lipinski definition) is 3. The van der Waals surface area contributed by atoms with Gasteiger partial charge in [0.15, 0.2) is 0 Å². The molecule has 0 aromatic carbocycles. The van der Waals surface area contributed by atoms with E-state index >= 15 is 0 Å². The molecule has 0 saturated heterocycles. The van der Waals surface area contributed by atoms with Crippen molar-refractivity contribution in [2.75, 3.05) is 0 Å². The zero-order valence-electron chi connectivity index (χ0n) is 9.12. The largest absolute Gasteiger partial charge is 0.388 e. The van der Waals surface area contributed by atoms with Gasteiger partial charge in [-0.3, -0.25) is 9.97 Å². The Kier molecular flexibility index (Phi) is 3.27. The minimum absolute atomic E-state index is 0.0119. The van der Waals surface area contributed by atoms with Gasteiger partial charge in [-0.1, -0.05) is 19.1 Å². The first-order valence-electron chi connectivity index (χ1n) is 5.27. The van der Waals surface area contributed by atoms with Gasteiger partial charge in [0.2, 0.25) is 0 Å². The van der Waals surface area contributed by atoms with Crippen molar-refractivity contribution in [3.8, 4) is 0 Å². The summed E-state index contributed by atoms with van der Waals surface area (Å²) in [6.45, 7) is 1.98. The van der Waals surface area contributed by atoms with Gasteiger partial charge < -0.3 is 5.11 Å². The third kappa shape index (κ3) is 2.25. The summed E-state index contributed by atoms with van der Waals surface area (Å²) in [5.74, 6) is 0.0119. The lowest BCUT2D eigenvalue weighted by Crippen LogP contribution is -2.08. The van der Waals surface area contributed by atoms with Crippen molar-refractivity contribution in [1.82, 2.24) is 9.97 Å². The van der Waals surface area contributed by atoms with Crippen LogP contribution in [0.1, 0.15) is 30.1 Å². The molecule has 0 aliphatic rings. The summed E-state index contributed by atoms with van der Waals surface area (Å²) in [5.41, 5.74) is 1.86. The van der Waals surface area contributed by atoms with Crippen LogP contribution in [-0.4, -0.2) is 15.1 Å². The Labute approximate surface area is 94.8 Å². The van der Waals surface area contributed by atoms with Crippen molar-refractivity contribution in [3.05, 3.63) is 60.2 Å². The molecule has 2 rings (SSSR count). The van der Waals surface area contributed by atoms with Crippen LogP contribution in [0.5, 0.6) is 0 Å². The number of aromatic nitrogens is 2. The van der Waals surface area contributed by atoms with E-state index in [2.05, 4.69) is 9.97 Å². The van der Waals surface area contributed by atoms with E-state index in [9.17, 15) is 5.11 Å². The molecule has 0 aliphatic carbocycles. The van der Waals surface area contributed by atoms with Crippen LogP contribution >= 0.6 is 0 Å². The molecule has 2 aromatic rings. The van der Waals surface area contributed by atoms with E-state index in [4.69, 9.17) is 0 Å². The first kappa shape index (κ1) is 10.8. The predicted molar refractivity (Wildman–Crippen MR) is 61.8 cm³/mol. The second kappa shape index (κ2) is 4.86. The molecule has 2 atom stereocenters. The zero-order valence-corrected chi connectivity index (χ0v) is 9.12. The van der Waals surface area contributed by atoms with Crippen molar-refractivity contribution in [2.45, 2.75) is 18.9 Å². The highest BCUT2D eigenvalue weighted by Gasteiger charge is 2.18. The minimum atomic E-state index is -0.544. The number of pyridine rings is 2. The lowest BCUT2D eigenvalue weighted by Gasteiger charge is -2.18. The molecular weight excluding hydrogens is 200 g/mol. The topological polar surface area (TPSA) is 46.0 Å². The molecule has 0 spiro atoms. The van der Waals surface area contributed by atoms with Crippen molar-refractivity contribution in [1.29, 1.82) is 0 Å². The highest BCUT2D eigenvalue weighted by Crippen LogP contribution is 2.29. The molecule has 82 valence electrons. The van der Waals surface area contributed by atoms with Crippen LogP contribution in [0.4, 0.5) is 0 Å². The van der Waals surface area contributed by atoms with E-state index in [0.717, 1.165) is 11.1 Å². The molecule has 0 saturated carbocycles. The summed E-state index contributed by atoms with van der Waals surface area (Å²) < 4.78 is 0. The molecule has 0 fully saturated rings. The quantitative estimate of drug-likeness (QED) is 0.852. The number of rotatable bonds is 3. The van der Waals surface area contributed by atoms with E-state index in [0.29, 0.717) is 0 Å². The maximum Gasteiger partial charge on any atom is 0.0871 e. The Hall–Kier alpha value is -1.74. The Bertz CT molecular complexity index is 387. The van der Waals surface area contributed by atoms with Gasteiger partial charge in [0.05, 0.1) is 6.10 Å². The molecule has 2 aromatic heterocycles. The fourth-order valence-electron chi connectivity index (χ4n) is 1.67. The summed E-state index contributed by atoms with van der Waals surface area (Å²) in [7, 11) is 0. The minimum Gasteiger partial charge on any atom is -0.388 e. The molecule has 3 nitrogen and oxygen atoms in total. The van der Waals surface area contributed by atoms with Gasteiger partial charge in [-0.25, -0.2) is 0 Å². The molecular formula is C13H14N2O. The molecule has 0 unspecified atom stereocenters.